The number of carbonyl (C=O) groups is 1. The smallest absolute Gasteiger partial charge is 0.240 e. The predicted octanol–water partition coefficient (Wildman–Crippen LogP) is 2.46. The van der Waals surface area contributed by atoms with Crippen LogP contribution in [0, 0.1) is 0 Å². The molecule has 0 bridgehead atoms. The van der Waals surface area contributed by atoms with Gasteiger partial charge in [0, 0.05) is 25.2 Å². The van der Waals surface area contributed by atoms with Crippen molar-refractivity contribution in [2.45, 2.75) is 31.2 Å². The third-order valence-corrected chi connectivity index (χ3v) is 5.58. The van der Waals surface area contributed by atoms with Crippen LogP contribution < -0.4 is 9.62 Å². The lowest BCUT2D eigenvalue weighted by Gasteiger charge is -2.16. The number of amides is 1. The summed E-state index contributed by atoms with van der Waals surface area (Å²) in [6.07, 6.45) is 1.29. The third-order valence-electron chi connectivity index (χ3n) is 4.16. The molecule has 0 saturated carbocycles. The second-order valence-corrected chi connectivity index (χ2v) is 7.52. The summed E-state index contributed by atoms with van der Waals surface area (Å²) in [7, 11) is -3.52. The molecule has 0 aliphatic carbocycles. The first kappa shape index (κ1) is 16.7. The van der Waals surface area contributed by atoms with Crippen molar-refractivity contribution in [1.82, 2.24) is 4.72 Å². The number of hydrogen-bond donors (Lipinski definition) is 1. The van der Waals surface area contributed by atoms with Crippen LogP contribution in [0.5, 0.6) is 0 Å². The Balaban J connectivity index is 1.73. The van der Waals surface area contributed by atoms with Gasteiger partial charge >= 0.3 is 0 Å². The molecule has 24 heavy (non-hydrogen) atoms. The molecule has 126 valence electrons. The fourth-order valence-electron chi connectivity index (χ4n) is 2.88. The average molecular weight is 344 g/mol. The number of anilines is 1. The summed E-state index contributed by atoms with van der Waals surface area (Å²) in [6.45, 7) is 2.78. The van der Waals surface area contributed by atoms with Crippen molar-refractivity contribution in [3.63, 3.8) is 0 Å². The highest BCUT2D eigenvalue weighted by atomic mass is 32.2. The van der Waals surface area contributed by atoms with Crippen molar-refractivity contribution >= 4 is 21.6 Å². The first-order valence-corrected chi connectivity index (χ1v) is 9.46. The van der Waals surface area contributed by atoms with E-state index in [-0.39, 0.29) is 17.3 Å². The molecule has 1 aliphatic rings. The monoisotopic (exact) mass is 344 g/mol. The number of nitrogens with zero attached hydrogens (tertiary/aromatic N) is 1. The summed E-state index contributed by atoms with van der Waals surface area (Å²) < 4.78 is 27.1. The molecule has 0 saturated heterocycles. The van der Waals surface area contributed by atoms with E-state index in [0.717, 1.165) is 23.2 Å². The topological polar surface area (TPSA) is 66.5 Å². The van der Waals surface area contributed by atoms with Crippen molar-refractivity contribution in [1.29, 1.82) is 0 Å². The zero-order chi connectivity index (χ0) is 17.2. The molecule has 1 amide bonds. The molecule has 0 radical (unpaired) electrons. The average Bonchev–Trinajstić information content (AvgIpc) is 3.03. The minimum Gasteiger partial charge on any atom is -0.312 e. The largest absolute Gasteiger partial charge is 0.312 e. The molecule has 2 aromatic carbocycles. The minimum absolute atomic E-state index is 0.117. The Hall–Kier alpha value is -2.18. The second-order valence-electron chi connectivity index (χ2n) is 5.75. The molecular weight excluding hydrogens is 324 g/mol. The molecule has 3 rings (SSSR count). The summed E-state index contributed by atoms with van der Waals surface area (Å²) in [5.41, 5.74) is 2.92. The fraction of sp³-hybridized carbons (Fsp3) is 0.278. The zero-order valence-electron chi connectivity index (χ0n) is 13.5. The van der Waals surface area contributed by atoms with Crippen LogP contribution in [0.2, 0.25) is 0 Å². The van der Waals surface area contributed by atoms with Gasteiger partial charge in [0.2, 0.25) is 15.9 Å². The Morgan fingerprint density at radius 1 is 1.17 bits per heavy atom. The molecule has 1 N–H and O–H groups in total. The fourth-order valence-corrected chi connectivity index (χ4v) is 3.92. The van der Waals surface area contributed by atoms with Crippen LogP contribution in [-0.4, -0.2) is 20.9 Å². The van der Waals surface area contributed by atoms with Gasteiger partial charge < -0.3 is 4.90 Å². The molecule has 0 atom stereocenters. The standard InChI is InChI=1S/C18H20N2O3S/c1-2-18(21)20-11-10-15-12-14(8-9-17(15)20)13-19-24(22,23)16-6-4-3-5-7-16/h3-9,12,19H,2,10-11,13H2,1H3. The van der Waals surface area contributed by atoms with Crippen LogP contribution in [0.25, 0.3) is 0 Å². The van der Waals surface area contributed by atoms with Gasteiger partial charge in [-0.1, -0.05) is 37.3 Å². The number of fused-ring (bicyclic) bond motifs is 1. The molecule has 6 heteroatoms. The van der Waals surface area contributed by atoms with Crippen LogP contribution in [-0.2, 0) is 27.8 Å². The maximum absolute atomic E-state index is 12.3. The van der Waals surface area contributed by atoms with E-state index >= 15 is 0 Å². The first-order chi connectivity index (χ1) is 11.5. The highest BCUT2D eigenvalue weighted by Gasteiger charge is 2.23. The van der Waals surface area contributed by atoms with E-state index in [4.69, 9.17) is 0 Å². The van der Waals surface area contributed by atoms with Gasteiger partial charge in [0.15, 0.2) is 0 Å². The number of benzene rings is 2. The molecule has 1 aliphatic heterocycles. The van der Waals surface area contributed by atoms with Crippen LogP contribution in [0.4, 0.5) is 5.69 Å². The van der Waals surface area contributed by atoms with Gasteiger partial charge in [-0.15, -0.1) is 0 Å². The van der Waals surface area contributed by atoms with Gasteiger partial charge in [-0.05, 0) is 35.7 Å². The van der Waals surface area contributed by atoms with Crippen molar-refractivity contribution in [2.24, 2.45) is 0 Å². The summed E-state index contributed by atoms with van der Waals surface area (Å²) in [4.78, 5) is 14.0. The zero-order valence-corrected chi connectivity index (χ0v) is 14.3. The van der Waals surface area contributed by atoms with Crippen molar-refractivity contribution in [2.75, 3.05) is 11.4 Å². The van der Waals surface area contributed by atoms with E-state index in [1.165, 1.54) is 0 Å². The lowest BCUT2D eigenvalue weighted by molar-refractivity contribution is -0.118. The van der Waals surface area contributed by atoms with Crippen molar-refractivity contribution < 1.29 is 13.2 Å². The maximum atomic E-state index is 12.3. The molecule has 0 aromatic heterocycles. The van der Waals surface area contributed by atoms with Gasteiger partial charge in [-0.3, -0.25) is 4.79 Å². The van der Waals surface area contributed by atoms with E-state index in [9.17, 15) is 13.2 Å². The molecule has 0 unspecified atom stereocenters. The van der Waals surface area contributed by atoms with E-state index in [1.54, 1.807) is 35.2 Å². The normalized spacial score (nSPS) is 13.8. The van der Waals surface area contributed by atoms with Gasteiger partial charge in [-0.25, -0.2) is 13.1 Å². The summed E-state index contributed by atoms with van der Waals surface area (Å²) in [5, 5.41) is 0. The van der Waals surface area contributed by atoms with Gasteiger partial charge in [0.05, 0.1) is 4.90 Å². The molecule has 1 heterocycles. The van der Waals surface area contributed by atoms with Crippen LogP contribution in [0.1, 0.15) is 24.5 Å². The Morgan fingerprint density at radius 2 is 1.92 bits per heavy atom. The molecule has 5 nitrogen and oxygen atoms in total. The van der Waals surface area contributed by atoms with Crippen molar-refractivity contribution in [3.05, 3.63) is 59.7 Å². The van der Waals surface area contributed by atoms with E-state index < -0.39 is 10.0 Å². The molecule has 2 aromatic rings. The van der Waals surface area contributed by atoms with Gasteiger partial charge in [0.25, 0.3) is 0 Å². The lowest BCUT2D eigenvalue weighted by atomic mass is 10.1. The Morgan fingerprint density at radius 3 is 2.62 bits per heavy atom. The quantitative estimate of drug-likeness (QED) is 0.906. The van der Waals surface area contributed by atoms with Crippen molar-refractivity contribution in [3.8, 4) is 0 Å². The Bertz CT molecular complexity index is 848. The SMILES string of the molecule is CCC(=O)N1CCc2cc(CNS(=O)(=O)c3ccccc3)ccc21. The summed E-state index contributed by atoms with van der Waals surface area (Å²) >= 11 is 0. The van der Waals surface area contributed by atoms with Crippen LogP contribution >= 0.6 is 0 Å². The van der Waals surface area contributed by atoms with Gasteiger partial charge in [-0.2, -0.15) is 0 Å². The maximum Gasteiger partial charge on any atom is 0.240 e. The van der Waals surface area contributed by atoms with E-state index in [0.29, 0.717) is 13.0 Å². The Kier molecular flexibility index (Phi) is 4.69. The Labute approximate surface area is 142 Å². The first-order valence-electron chi connectivity index (χ1n) is 7.98. The van der Waals surface area contributed by atoms with Crippen LogP contribution in [0.15, 0.2) is 53.4 Å². The van der Waals surface area contributed by atoms with Gasteiger partial charge in [0.1, 0.15) is 0 Å². The minimum atomic E-state index is -3.52. The molecule has 0 fully saturated rings. The summed E-state index contributed by atoms with van der Waals surface area (Å²) in [6, 6.07) is 14.1. The molecule has 0 spiro atoms. The number of carbonyl (C=O) groups excluding carboxylic acids is 1. The number of sulfonamides is 1. The highest BCUT2D eigenvalue weighted by molar-refractivity contribution is 7.89. The van der Waals surface area contributed by atoms with E-state index in [1.807, 2.05) is 25.1 Å². The second kappa shape index (κ2) is 6.75. The number of rotatable bonds is 5. The van der Waals surface area contributed by atoms with Crippen LogP contribution in [0.3, 0.4) is 0 Å². The predicted molar refractivity (Wildman–Crippen MR) is 93.3 cm³/mol. The molecular formula is C18H20N2O3S. The van der Waals surface area contributed by atoms with E-state index in [2.05, 4.69) is 4.72 Å². The summed E-state index contributed by atoms with van der Waals surface area (Å²) in [5.74, 6) is 0.117. The highest BCUT2D eigenvalue weighted by Crippen LogP contribution is 2.29. The lowest BCUT2D eigenvalue weighted by Crippen LogP contribution is -2.27. The third kappa shape index (κ3) is 3.34. The number of nitrogens with one attached hydrogen (secondary N) is 1. The number of hydrogen-bond acceptors (Lipinski definition) is 3.